The summed E-state index contributed by atoms with van der Waals surface area (Å²) in [5.41, 5.74) is -2.29. The first-order valence-corrected chi connectivity index (χ1v) is 20.7. The number of thiophene rings is 1. The van der Waals surface area contributed by atoms with E-state index in [9.17, 15) is 19.2 Å². The van der Waals surface area contributed by atoms with Crippen molar-refractivity contribution < 1.29 is 37.0 Å². The van der Waals surface area contributed by atoms with E-state index in [0.29, 0.717) is 44.7 Å². The minimum atomic E-state index is -0.987. The number of carbonyl (C=O) groups excluding carboxylic acids is 2. The first-order chi connectivity index (χ1) is 27.4. The van der Waals surface area contributed by atoms with Gasteiger partial charge in [0.2, 0.25) is 0 Å². The maximum atomic E-state index is 17.5. The molecule has 2 aromatic carbocycles. The summed E-state index contributed by atoms with van der Waals surface area (Å²) in [5.74, 6) is -1.18. The lowest BCUT2D eigenvalue weighted by Gasteiger charge is -2.31. The number of amides is 2. The minimum absolute atomic E-state index is 0.00468. The fourth-order valence-corrected chi connectivity index (χ4v) is 10.5. The molecule has 0 radical (unpaired) electrons. The highest BCUT2D eigenvalue weighted by molar-refractivity contribution is 7.23. The Balaban J connectivity index is 1.24. The van der Waals surface area contributed by atoms with Crippen LogP contribution >= 0.6 is 22.9 Å². The third kappa shape index (κ3) is 7.23. The Labute approximate surface area is 343 Å². The predicted molar refractivity (Wildman–Crippen MR) is 215 cm³/mol. The van der Waals surface area contributed by atoms with E-state index in [4.69, 9.17) is 30.8 Å². The van der Waals surface area contributed by atoms with Crippen molar-refractivity contribution in [3.8, 4) is 23.2 Å². The second-order valence-electron chi connectivity index (χ2n) is 17.6. The van der Waals surface area contributed by atoms with Crippen molar-refractivity contribution >= 4 is 66.9 Å². The summed E-state index contributed by atoms with van der Waals surface area (Å²) in [6, 6.07) is 5.63. The van der Waals surface area contributed by atoms with Crippen LogP contribution < -0.4 is 15.0 Å². The lowest BCUT2D eigenvalue weighted by molar-refractivity contribution is 0.0227. The van der Waals surface area contributed by atoms with E-state index < -0.39 is 46.7 Å². The van der Waals surface area contributed by atoms with E-state index in [1.54, 1.807) is 31.7 Å². The number of rotatable bonds is 6. The number of halogens is 4. The highest BCUT2D eigenvalue weighted by Gasteiger charge is 2.50. The van der Waals surface area contributed by atoms with Crippen LogP contribution in [0.2, 0.25) is 5.02 Å². The highest BCUT2D eigenvalue weighted by atomic mass is 35.5. The van der Waals surface area contributed by atoms with Gasteiger partial charge < -0.3 is 24.0 Å². The number of hydrogen-bond acceptors (Lipinski definition) is 11. The van der Waals surface area contributed by atoms with E-state index in [-0.39, 0.29) is 72.4 Å². The number of hydrogen-bond donors (Lipinski definition) is 1. The second-order valence-corrected chi connectivity index (χ2v) is 19.0. The first-order valence-electron chi connectivity index (χ1n) is 19.5. The largest absolute Gasteiger partial charge is 0.461 e. The van der Waals surface area contributed by atoms with Gasteiger partial charge in [0, 0.05) is 42.4 Å². The number of anilines is 2. The van der Waals surface area contributed by atoms with Gasteiger partial charge in [0.1, 0.15) is 52.2 Å². The molecule has 4 atom stereocenters. The first kappa shape index (κ1) is 40.2. The van der Waals surface area contributed by atoms with Crippen molar-refractivity contribution in [3.05, 3.63) is 40.4 Å². The fraction of sp³-hybridized carbons (Fsp3) is 0.537. The summed E-state index contributed by atoms with van der Waals surface area (Å²) in [6.45, 7) is 12.6. The molecule has 4 fully saturated rings. The Hall–Kier alpha value is -4.59. The molecular formula is C41H45ClF3N7O5S. The number of likely N-dealkylation sites (tertiary alicyclic amines) is 1. The predicted octanol–water partition coefficient (Wildman–Crippen LogP) is 9.21. The van der Waals surface area contributed by atoms with Crippen molar-refractivity contribution in [3.63, 3.8) is 0 Å². The van der Waals surface area contributed by atoms with Gasteiger partial charge >= 0.3 is 18.2 Å². The van der Waals surface area contributed by atoms with Crippen LogP contribution in [0, 0.1) is 23.0 Å². The molecule has 2 amide bonds. The molecule has 17 heteroatoms. The van der Waals surface area contributed by atoms with Crippen LogP contribution in [0.15, 0.2) is 18.2 Å². The second kappa shape index (κ2) is 14.6. The number of alkyl halides is 1. The zero-order valence-corrected chi connectivity index (χ0v) is 34.8. The van der Waals surface area contributed by atoms with E-state index >= 15 is 8.78 Å². The Bertz CT molecular complexity index is 2380. The molecule has 1 N–H and O–H groups in total. The fourth-order valence-electron chi connectivity index (χ4n) is 9.11. The standard InChI is InChI=1S/C41H45ClF3N7O5S/c1-39(2,3)56-37(53)49-35-24(18-46)29-22(8-9-26(44)33(29)58-35)30-25(42)16-23-32(31(30)45)47-36(55-20-41-12-7-13-50(41)19-21(43)17-41)48-34(23)51-14-10-28-27(51)11-15-52(28)38(54)57-40(4,5)6/h8-9,16,21,27-28H,7,10-15,17,19-20H2,1-6H3,(H,49,53)/t21-,27?,28?,41?/m1/s1. The number of benzene rings is 2. The van der Waals surface area contributed by atoms with Gasteiger partial charge in [-0.2, -0.15) is 15.2 Å². The number of nitrogens with zero attached hydrogens (tertiary/aromatic N) is 6. The van der Waals surface area contributed by atoms with Crippen molar-refractivity contribution in [1.29, 1.82) is 5.26 Å². The Kier molecular flexibility index (Phi) is 10.1. The third-order valence-electron chi connectivity index (χ3n) is 11.3. The monoisotopic (exact) mass is 839 g/mol. The number of nitrogens with one attached hydrogen (secondary N) is 1. The van der Waals surface area contributed by atoms with Crippen LogP contribution in [-0.4, -0.2) is 99.7 Å². The highest BCUT2D eigenvalue weighted by Crippen LogP contribution is 2.48. The zero-order chi connectivity index (χ0) is 41.5. The van der Waals surface area contributed by atoms with E-state index in [0.717, 1.165) is 36.8 Å². The molecule has 308 valence electrons. The maximum Gasteiger partial charge on any atom is 0.412 e. The molecule has 4 aromatic rings. The number of fused-ring (bicyclic) bond motifs is 4. The van der Waals surface area contributed by atoms with Gasteiger partial charge in [-0.1, -0.05) is 17.7 Å². The van der Waals surface area contributed by atoms with Gasteiger partial charge in [-0.25, -0.2) is 22.8 Å². The topological polar surface area (TPSA) is 133 Å². The average molecular weight is 840 g/mol. The Morgan fingerprint density at radius 1 is 1.07 bits per heavy atom. The molecule has 0 aliphatic carbocycles. The number of carbonyl (C=O) groups is 2. The number of ether oxygens (including phenoxy) is 3. The van der Waals surface area contributed by atoms with E-state index in [1.165, 1.54) is 6.07 Å². The molecule has 6 heterocycles. The molecule has 12 nitrogen and oxygen atoms in total. The Morgan fingerprint density at radius 2 is 1.81 bits per heavy atom. The molecule has 0 bridgehead atoms. The minimum Gasteiger partial charge on any atom is -0.461 e. The van der Waals surface area contributed by atoms with E-state index in [1.807, 2.05) is 25.7 Å². The lowest BCUT2D eigenvalue weighted by atomic mass is 9.95. The van der Waals surface area contributed by atoms with Crippen LogP contribution in [0.4, 0.5) is 33.6 Å². The molecule has 4 aliphatic rings. The summed E-state index contributed by atoms with van der Waals surface area (Å²) in [7, 11) is 0. The zero-order valence-electron chi connectivity index (χ0n) is 33.2. The molecule has 8 rings (SSSR count). The SMILES string of the molecule is CC(C)(C)OC(=O)Nc1sc2c(F)ccc(-c3c(Cl)cc4c(N5CCC6C5CCN6C(=O)OC(C)(C)C)nc(OCC56CCCN5C[C@H](F)C6)nc4c3F)c2c1C#N. The molecule has 4 saturated heterocycles. The smallest absolute Gasteiger partial charge is 0.412 e. The summed E-state index contributed by atoms with van der Waals surface area (Å²) >= 11 is 7.82. The summed E-state index contributed by atoms with van der Waals surface area (Å²) in [6.07, 6.45) is 0.937. The van der Waals surface area contributed by atoms with Crippen LogP contribution in [0.1, 0.15) is 79.2 Å². The maximum absolute atomic E-state index is 17.5. The quantitative estimate of drug-likeness (QED) is 0.200. The van der Waals surface area contributed by atoms with Gasteiger partial charge in [0.25, 0.3) is 0 Å². The molecule has 58 heavy (non-hydrogen) atoms. The normalized spacial score (nSPS) is 23.4. The summed E-state index contributed by atoms with van der Waals surface area (Å²) < 4.78 is 65.1. The van der Waals surface area contributed by atoms with Crippen LogP contribution in [-0.2, 0) is 9.47 Å². The Morgan fingerprint density at radius 3 is 2.53 bits per heavy atom. The van der Waals surface area contributed by atoms with Crippen LogP contribution in [0.3, 0.4) is 0 Å². The van der Waals surface area contributed by atoms with Gasteiger partial charge in [0.05, 0.1) is 32.9 Å². The number of nitriles is 1. The van der Waals surface area contributed by atoms with Gasteiger partial charge in [0.15, 0.2) is 5.82 Å². The molecule has 2 aromatic heterocycles. The van der Waals surface area contributed by atoms with Gasteiger partial charge in [-0.15, -0.1) is 11.3 Å². The summed E-state index contributed by atoms with van der Waals surface area (Å²) in [4.78, 5) is 41.3. The molecular weight excluding hydrogens is 795 g/mol. The van der Waals surface area contributed by atoms with Crippen molar-refractivity contribution in [2.24, 2.45) is 0 Å². The average Bonchev–Trinajstić information content (AvgIpc) is 3.93. The van der Waals surface area contributed by atoms with Crippen molar-refractivity contribution in [2.75, 3.05) is 43.0 Å². The molecule has 0 saturated carbocycles. The van der Waals surface area contributed by atoms with Crippen LogP contribution in [0.5, 0.6) is 6.01 Å². The molecule has 0 spiro atoms. The van der Waals surface area contributed by atoms with Gasteiger partial charge in [-0.3, -0.25) is 10.2 Å². The van der Waals surface area contributed by atoms with Crippen molar-refractivity contribution in [1.82, 2.24) is 19.8 Å². The molecule has 4 aliphatic heterocycles. The summed E-state index contributed by atoms with van der Waals surface area (Å²) in [5, 5.41) is 13.2. The third-order valence-corrected chi connectivity index (χ3v) is 12.7. The van der Waals surface area contributed by atoms with Gasteiger partial charge in [-0.05, 0) is 91.5 Å². The van der Waals surface area contributed by atoms with Crippen molar-refractivity contribution in [2.45, 2.75) is 109 Å². The number of aromatic nitrogens is 2. The lowest BCUT2D eigenvalue weighted by Crippen LogP contribution is -2.43. The van der Waals surface area contributed by atoms with Crippen LogP contribution in [0.25, 0.3) is 32.1 Å². The van der Waals surface area contributed by atoms with E-state index in [2.05, 4.69) is 21.3 Å². The molecule has 3 unspecified atom stereocenters.